The van der Waals surface area contributed by atoms with Gasteiger partial charge < -0.3 is 39.8 Å². The second-order valence-corrected chi connectivity index (χ2v) is 8.22. The molecule has 0 saturated carbocycles. The molecule has 5 rings (SSSR count). The van der Waals surface area contributed by atoms with Crippen LogP contribution < -0.4 is 10.2 Å². The van der Waals surface area contributed by atoms with Crippen LogP contribution in [-0.2, 0) is 0 Å². The summed E-state index contributed by atoms with van der Waals surface area (Å²) in [6, 6.07) is 18.2. The molecule has 0 aliphatic rings. The van der Waals surface area contributed by atoms with Crippen LogP contribution in [0.3, 0.4) is 0 Å². The molecule has 1 heterocycles. The highest BCUT2D eigenvalue weighted by Gasteiger charge is 2.18. The van der Waals surface area contributed by atoms with Gasteiger partial charge in [-0.3, -0.25) is 9.59 Å². The van der Waals surface area contributed by atoms with E-state index >= 15 is 0 Å². The third kappa shape index (κ3) is 5.39. The highest BCUT2D eigenvalue weighted by atomic mass is 16.5. The molecule has 198 valence electrons. The fourth-order valence-electron chi connectivity index (χ4n) is 3.67. The molecule has 1 aromatic heterocycles. The van der Waals surface area contributed by atoms with Gasteiger partial charge in [0.2, 0.25) is 11.2 Å². The molecule has 5 aromatic rings. The number of hydrogen-bond donors (Lipinski definition) is 6. The van der Waals surface area contributed by atoms with Gasteiger partial charge in [0.15, 0.2) is 23.0 Å². The van der Waals surface area contributed by atoms with E-state index in [1.165, 1.54) is 61.7 Å². The van der Waals surface area contributed by atoms with Gasteiger partial charge in [-0.15, -0.1) is 0 Å². The Bertz CT molecular complexity index is 1750. The van der Waals surface area contributed by atoms with E-state index in [9.17, 15) is 40.2 Å². The molecule has 10 heteroatoms. The maximum atomic E-state index is 12.1. The van der Waals surface area contributed by atoms with Crippen molar-refractivity contribution >= 4 is 16.8 Å². The molecule has 4 aromatic carbocycles. The Hall–Kier alpha value is -5.64. The largest absolute Gasteiger partial charge is 0.508 e. The molecule has 0 saturated heterocycles. The first-order valence-electron chi connectivity index (χ1n) is 11.3. The van der Waals surface area contributed by atoms with Crippen LogP contribution >= 0.6 is 0 Å². The molecule has 0 spiro atoms. The molecule has 0 atom stereocenters. The van der Waals surface area contributed by atoms with Gasteiger partial charge in [0, 0.05) is 17.7 Å². The zero-order chi connectivity index (χ0) is 28.3. The lowest BCUT2D eigenvalue weighted by Gasteiger charge is -2.07. The number of rotatable bonds is 4. The van der Waals surface area contributed by atoms with E-state index in [2.05, 4.69) is 0 Å². The summed E-state index contributed by atoms with van der Waals surface area (Å²) in [6.45, 7) is 0. The van der Waals surface area contributed by atoms with E-state index in [0.717, 1.165) is 6.07 Å². The number of hydrogen-bond acceptors (Lipinski definition) is 10. The molecule has 0 bridgehead atoms. The van der Waals surface area contributed by atoms with Crippen molar-refractivity contribution in [3.05, 3.63) is 100 Å². The Balaban J connectivity index is 0.000000183. The summed E-state index contributed by atoms with van der Waals surface area (Å²) in [5.41, 5.74) is -0.0698. The van der Waals surface area contributed by atoms with Crippen molar-refractivity contribution in [3.63, 3.8) is 0 Å². The third-order valence-corrected chi connectivity index (χ3v) is 5.69. The van der Waals surface area contributed by atoms with Gasteiger partial charge in [-0.2, -0.15) is 0 Å². The Labute approximate surface area is 220 Å². The molecule has 10 nitrogen and oxygen atoms in total. The SMILES string of the molecule is COc1ccc(C(=O)c2ccccc2O)c(O)c1.O=c1c(O)c(-c2ccc(O)c(O)c2)oc2cc(O)ccc12. The van der Waals surface area contributed by atoms with E-state index in [1.54, 1.807) is 18.2 Å². The van der Waals surface area contributed by atoms with Crippen LogP contribution in [0.25, 0.3) is 22.3 Å². The lowest BCUT2D eigenvalue weighted by atomic mass is 10.0. The van der Waals surface area contributed by atoms with Gasteiger partial charge in [-0.25, -0.2) is 0 Å². The van der Waals surface area contributed by atoms with Gasteiger partial charge >= 0.3 is 0 Å². The second-order valence-electron chi connectivity index (χ2n) is 8.22. The number of para-hydroxylation sites is 1. The molecule has 0 aliphatic carbocycles. The number of ether oxygens (including phenoxy) is 1. The van der Waals surface area contributed by atoms with E-state index in [1.807, 2.05) is 0 Å². The summed E-state index contributed by atoms with van der Waals surface area (Å²) in [5, 5.41) is 57.7. The molecule has 0 fully saturated rings. The van der Waals surface area contributed by atoms with Gasteiger partial charge in [-0.05, 0) is 54.6 Å². The molecule has 39 heavy (non-hydrogen) atoms. The summed E-state index contributed by atoms with van der Waals surface area (Å²) in [6.07, 6.45) is 0. The topological polar surface area (TPSA) is 178 Å². The van der Waals surface area contributed by atoms with Crippen LogP contribution in [0.5, 0.6) is 40.2 Å². The van der Waals surface area contributed by atoms with Crippen molar-refractivity contribution in [1.82, 2.24) is 0 Å². The Morgan fingerprint density at radius 3 is 2.10 bits per heavy atom. The maximum Gasteiger partial charge on any atom is 0.235 e. The van der Waals surface area contributed by atoms with Gasteiger partial charge in [0.1, 0.15) is 28.6 Å². The minimum absolute atomic E-state index is 0.0872. The van der Waals surface area contributed by atoms with Crippen molar-refractivity contribution in [2.24, 2.45) is 0 Å². The normalized spacial score (nSPS) is 10.5. The minimum atomic E-state index is -0.654. The van der Waals surface area contributed by atoms with Crippen molar-refractivity contribution in [3.8, 4) is 51.6 Å². The zero-order valence-electron chi connectivity index (χ0n) is 20.3. The Kier molecular flexibility index (Phi) is 7.30. The number of phenols is 5. The minimum Gasteiger partial charge on any atom is -0.508 e. The van der Waals surface area contributed by atoms with E-state index in [4.69, 9.17) is 9.15 Å². The van der Waals surface area contributed by atoms with Crippen molar-refractivity contribution in [2.75, 3.05) is 7.11 Å². The van der Waals surface area contributed by atoms with Gasteiger partial charge in [0.25, 0.3) is 0 Å². The van der Waals surface area contributed by atoms with Crippen molar-refractivity contribution in [1.29, 1.82) is 0 Å². The summed E-state index contributed by atoms with van der Waals surface area (Å²) >= 11 is 0. The Morgan fingerprint density at radius 2 is 1.44 bits per heavy atom. The smallest absolute Gasteiger partial charge is 0.235 e. The van der Waals surface area contributed by atoms with Crippen molar-refractivity contribution < 1.29 is 44.6 Å². The fourth-order valence-corrected chi connectivity index (χ4v) is 3.67. The average Bonchev–Trinajstić information content (AvgIpc) is 2.92. The molecule has 0 amide bonds. The fraction of sp³-hybridized carbons (Fsp3) is 0.0345. The summed E-state index contributed by atoms with van der Waals surface area (Å²) < 4.78 is 10.4. The predicted octanol–water partition coefficient (Wildman–Crippen LogP) is 4.62. The van der Waals surface area contributed by atoms with Gasteiger partial charge in [-0.1, -0.05) is 12.1 Å². The van der Waals surface area contributed by atoms with Crippen LogP contribution in [0.2, 0.25) is 0 Å². The maximum absolute atomic E-state index is 12.1. The molecular formula is C29H22O10. The quantitative estimate of drug-likeness (QED) is 0.142. The number of fused-ring (bicyclic) bond motifs is 1. The number of aromatic hydroxyl groups is 6. The number of carbonyl (C=O) groups excluding carboxylic acids is 1. The van der Waals surface area contributed by atoms with Gasteiger partial charge in [0.05, 0.1) is 23.6 Å². The van der Waals surface area contributed by atoms with E-state index < -0.39 is 22.7 Å². The molecule has 0 radical (unpaired) electrons. The summed E-state index contributed by atoms with van der Waals surface area (Å²) in [5.74, 6) is -1.87. The number of ketones is 1. The van der Waals surface area contributed by atoms with Crippen molar-refractivity contribution in [2.45, 2.75) is 0 Å². The standard InChI is InChI=1S/C15H10O6.C14H12O4/c16-8-2-3-9-12(6-8)21-15(14(20)13(9)19)7-1-4-10(17)11(18)5-7;1-18-9-6-7-11(13(16)8-9)14(17)10-4-2-3-5-12(10)15/h1-6,16-18,20H;2-8,15-16H,1H3. The van der Waals surface area contributed by atoms with Crippen LogP contribution in [0.1, 0.15) is 15.9 Å². The number of benzene rings is 4. The summed E-state index contributed by atoms with van der Waals surface area (Å²) in [7, 11) is 1.47. The van der Waals surface area contributed by atoms with Crippen LogP contribution in [0.4, 0.5) is 0 Å². The number of carbonyl (C=O) groups is 1. The Morgan fingerprint density at radius 1 is 0.718 bits per heavy atom. The van der Waals surface area contributed by atoms with Crippen LogP contribution in [0, 0.1) is 0 Å². The zero-order valence-corrected chi connectivity index (χ0v) is 20.3. The molecular weight excluding hydrogens is 508 g/mol. The lowest BCUT2D eigenvalue weighted by molar-refractivity contribution is 0.103. The second kappa shape index (κ2) is 10.8. The summed E-state index contributed by atoms with van der Waals surface area (Å²) in [4.78, 5) is 24.2. The molecule has 0 aliphatic heterocycles. The van der Waals surface area contributed by atoms with E-state index in [-0.39, 0.29) is 56.4 Å². The van der Waals surface area contributed by atoms with E-state index in [0.29, 0.717) is 5.75 Å². The molecule has 0 unspecified atom stereocenters. The number of phenolic OH excluding ortho intramolecular Hbond substituents is 5. The highest BCUT2D eigenvalue weighted by molar-refractivity contribution is 6.12. The number of methoxy groups -OCH3 is 1. The monoisotopic (exact) mass is 530 g/mol. The first-order chi connectivity index (χ1) is 18.6. The highest BCUT2D eigenvalue weighted by Crippen LogP contribution is 2.35. The van der Waals surface area contributed by atoms with Crippen LogP contribution in [-0.4, -0.2) is 43.5 Å². The first-order valence-corrected chi connectivity index (χ1v) is 11.3. The van der Waals surface area contributed by atoms with Crippen LogP contribution in [0.15, 0.2) is 88.1 Å². The average molecular weight is 530 g/mol. The first kappa shape index (κ1) is 26.4. The lowest BCUT2D eigenvalue weighted by Crippen LogP contribution is -2.02. The predicted molar refractivity (Wildman–Crippen MR) is 141 cm³/mol. The molecule has 6 N–H and O–H groups in total. The third-order valence-electron chi connectivity index (χ3n) is 5.69.